The average molecular weight is 1330 g/mol. The van der Waals surface area contributed by atoms with E-state index in [4.69, 9.17) is 18.5 Å². The standard InChI is InChI=1S/C84H144NO8P/c1-6-8-10-12-14-16-18-20-22-24-26-28-30-32-34-36-38-39-40-41-42-43-44-45-47-49-51-53-55-57-59-61-63-65-67-69-71-73-75-77-84(87)93-82(81-92-94(88,89)91-79-78-85(3,4)5)80-90-83(86)76-74-72-70-68-66-64-62-60-58-56-54-52-50-48-46-37-35-33-31-29-27-25-23-21-19-17-15-13-11-9-7-2/h8,10,14,16,20,22,26,28,32,34,38-39,41-42,44-45,49,51,55,57,61,63,67,69,82H,6-7,9,11-13,15,17-19,21,23-25,27,29-31,33,35-37,40,43,46-48,50,52-54,56,58-60,62,64-66,68,70-81H2,1-5H3/b10-8-,16-14-,22-20-,28-26-,34-32-,39-38-,42-41-,45-44-,51-49-,57-55-,63-61-,69-67-. The number of quaternary nitrogens is 1. The van der Waals surface area contributed by atoms with Gasteiger partial charge in [0.25, 0.3) is 7.82 Å². The van der Waals surface area contributed by atoms with Crippen molar-refractivity contribution in [2.75, 3.05) is 47.5 Å². The first kappa shape index (κ1) is 89.9. The summed E-state index contributed by atoms with van der Waals surface area (Å²) in [6.07, 6.45) is 108. The molecule has 0 fully saturated rings. The lowest BCUT2D eigenvalue weighted by atomic mass is 10.0. The number of esters is 2. The Hall–Kier alpha value is -4.11. The Morgan fingerprint density at radius 1 is 0.340 bits per heavy atom. The molecule has 0 aromatic carbocycles. The minimum Gasteiger partial charge on any atom is -0.756 e. The number of hydrogen-bond acceptors (Lipinski definition) is 8. The molecular weight excluding hydrogens is 1180 g/mol. The van der Waals surface area contributed by atoms with Crippen molar-refractivity contribution in [3.63, 3.8) is 0 Å². The van der Waals surface area contributed by atoms with Gasteiger partial charge in [-0.2, -0.15) is 0 Å². The molecule has 0 bridgehead atoms. The van der Waals surface area contributed by atoms with Crippen molar-refractivity contribution in [3.8, 4) is 0 Å². The highest BCUT2D eigenvalue weighted by molar-refractivity contribution is 7.45. The van der Waals surface area contributed by atoms with Crippen LogP contribution in [0.4, 0.5) is 0 Å². The maximum absolute atomic E-state index is 12.9. The van der Waals surface area contributed by atoms with Gasteiger partial charge in [-0.3, -0.25) is 14.2 Å². The van der Waals surface area contributed by atoms with E-state index >= 15 is 0 Å². The maximum Gasteiger partial charge on any atom is 0.306 e. The van der Waals surface area contributed by atoms with Gasteiger partial charge in [-0.15, -0.1) is 0 Å². The van der Waals surface area contributed by atoms with E-state index in [9.17, 15) is 19.0 Å². The smallest absolute Gasteiger partial charge is 0.306 e. The van der Waals surface area contributed by atoms with Gasteiger partial charge in [-0.05, 0) is 103 Å². The molecule has 94 heavy (non-hydrogen) atoms. The molecule has 2 atom stereocenters. The van der Waals surface area contributed by atoms with Crippen LogP contribution in [0.5, 0.6) is 0 Å². The lowest BCUT2D eigenvalue weighted by molar-refractivity contribution is -0.870. The molecule has 0 aliphatic heterocycles. The van der Waals surface area contributed by atoms with Crippen LogP contribution in [0.1, 0.15) is 322 Å². The first-order valence-corrected chi connectivity index (χ1v) is 40.0. The molecule has 0 radical (unpaired) electrons. The molecule has 0 aromatic heterocycles. The van der Waals surface area contributed by atoms with Crippen LogP contribution in [0.15, 0.2) is 146 Å². The number of rotatable bonds is 70. The summed E-state index contributed by atoms with van der Waals surface area (Å²) in [5, 5.41) is 0. The SMILES string of the molecule is CC/C=C\C/C=C\C/C=C\C/C=C\C/C=C\C/C=C\C/C=C\C/C=C\C/C=C\C/C=C\C/C=C\C/C=C\CCCCC(=O)OC(COC(=O)CCCCCCCCCCCCCCCCCCCCCCCCCCCCCCCCC)COP(=O)([O-])OCC[N+](C)(C)C. The molecule has 0 spiro atoms. The predicted molar refractivity (Wildman–Crippen MR) is 406 cm³/mol. The molecule has 538 valence electrons. The quantitative estimate of drug-likeness (QED) is 0.0195. The summed E-state index contributed by atoms with van der Waals surface area (Å²) >= 11 is 0. The molecule has 0 amide bonds. The molecule has 0 aromatic rings. The Bertz CT molecular complexity index is 2100. The zero-order valence-corrected chi connectivity index (χ0v) is 62.3. The van der Waals surface area contributed by atoms with Crippen molar-refractivity contribution in [1.82, 2.24) is 0 Å². The molecule has 2 unspecified atom stereocenters. The van der Waals surface area contributed by atoms with Gasteiger partial charge in [0.1, 0.15) is 19.8 Å². The largest absolute Gasteiger partial charge is 0.756 e. The number of allylic oxidation sites excluding steroid dienone is 24. The van der Waals surface area contributed by atoms with Crippen LogP contribution in [0, 0.1) is 0 Å². The lowest BCUT2D eigenvalue weighted by Gasteiger charge is -2.28. The molecule has 0 aliphatic rings. The normalized spacial score (nSPS) is 13.9. The summed E-state index contributed by atoms with van der Waals surface area (Å²) in [4.78, 5) is 38.1. The number of phosphoric ester groups is 1. The number of ether oxygens (including phenoxy) is 2. The van der Waals surface area contributed by atoms with Crippen molar-refractivity contribution in [3.05, 3.63) is 146 Å². The number of unbranched alkanes of at least 4 members (excludes halogenated alkanes) is 32. The Kier molecular flexibility index (Phi) is 69.9. The van der Waals surface area contributed by atoms with E-state index in [0.717, 1.165) is 109 Å². The monoisotopic (exact) mass is 1330 g/mol. The van der Waals surface area contributed by atoms with Crippen LogP contribution in [-0.4, -0.2) is 70.0 Å². The number of carbonyl (C=O) groups is 2. The predicted octanol–water partition coefficient (Wildman–Crippen LogP) is 25.1. The minimum atomic E-state index is -4.67. The second-order valence-electron chi connectivity index (χ2n) is 26.6. The van der Waals surface area contributed by atoms with Gasteiger partial charge in [0.2, 0.25) is 0 Å². The number of nitrogens with zero attached hydrogens (tertiary/aromatic N) is 1. The first-order valence-electron chi connectivity index (χ1n) is 38.5. The van der Waals surface area contributed by atoms with Crippen molar-refractivity contribution in [2.24, 2.45) is 0 Å². The topological polar surface area (TPSA) is 111 Å². The summed E-state index contributed by atoms with van der Waals surface area (Å²) < 4.78 is 34.3. The summed E-state index contributed by atoms with van der Waals surface area (Å²) in [5.74, 6) is -0.882. The van der Waals surface area contributed by atoms with E-state index < -0.39 is 32.5 Å². The third kappa shape index (κ3) is 76.9. The van der Waals surface area contributed by atoms with E-state index in [2.05, 4.69) is 160 Å². The van der Waals surface area contributed by atoms with Gasteiger partial charge in [0.05, 0.1) is 27.7 Å². The van der Waals surface area contributed by atoms with Gasteiger partial charge in [0.15, 0.2) is 6.10 Å². The first-order chi connectivity index (χ1) is 46.0. The van der Waals surface area contributed by atoms with Crippen LogP contribution in [0.25, 0.3) is 0 Å². The molecule has 0 saturated heterocycles. The van der Waals surface area contributed by atoms with Crippen LogP contribution in [0.2, 0.25) is 0 Å². The Balaban J connectivity index is 4.13. The minimum absolute atomic E-state index is 0.0453. The Labute approximate surface area is 580 Å². The van der Waals surface area contributed by atoms with Crippen molar-refractivity contribution >= 4 is 19.8 Å². The molecule has 0 N–H and O–H groups in total. The van der Waals surface area contributed by atoms with Crippen molar-refractivity contribution in [2.45, 2.75) is 328 Å². The lowest BCUT2D eigenvalue weighted by Crippen LogP contribution is -2.37. The second-order valence-corrected chi connectivity index (χ2v) is 28.1. The molecule has 0 aliphatic carbocycles. The zero-order chi connectivity index (χ0) is 68.3. The fourth-order valence-electron chi connectivity index (χ4n) is 10.5. The average Bonchev–Trinajstić information content (AvgIpc) is 1.56. The number of phosphoric acid groups is 1. The highest BCUT2D eigenvalue weighted by Crippen LogP contribution is 2.38. The van der Waals surface area contributed by atoms with E-state index in [1.54, 1.807) is 0 Å². The molecule has 9 nitrogen and oxygen atoms in total. The highest BCUT2D eigenvalue weighted by Gasteiger charge is 2.22. The van der Waals surface area contributed by atoms with E-state index in [1.807, 2.05) is 21.1 Å². The van der Waals surface area contributed by atoms with Crippen LogP contribution < -0.4 is 4.89 Å². The fraction of sp³-hybridized carbons (Fsp3) is 0.690. The number of carbonyl (C=O) groups excluding carboxylic acids is 2. The van der Waals surface area contributed by atoms with Gasteiger partial charge < -0.3 is 27.9 Å². The molecule has 0 rings (SSSR count). The maximum atomic E-state index is 12.9. The van der Waals surface area contributed by atoms with Crippen molar-refractivity contribution < 1.29 is 42.1 Å². The number of hydrogen-bond donors (Lipinski definition) is 0. The zero-order valence-electron chi connectivity index (χ0n) is 61.4. The van der Waals surface area contributed by atoms with Gasteiger partial charge in [0, 0.05) is 12.8 Å². The van der Waals surface area contributed by atoms with E-state index in [1.165, 1.54) is 180 Å². The van der Waals surface area contributed by atoms with E-state index in [0.29, 0.717) is 17.4 Å². The molecule has 10 heteroatoms. The van der Waals surface area contributed by atoms with Crippen LogP contribution in [-0.2, 0) is 32.7 Å². The van der Waals surface area contributed by atoms with Gasteiger partial charge >= 0.3 is 11.9 Å². The summed E-state index contributed by atoms with van der Waals surface area (Å²) in [5.41, 5.74) is 0. The number of likely N-dealkylation sites (N-methyl/N-ethyl adjacent to an activating group) is 1. The molecular formula is C84H144NO8P. The Morgan fingerprint density at radius 2 is 0.606 bits per heavy atom. The molecule has 0 saturated carbocycles. The Morgan fingerprint density at radius 3 is 0.904 bits per heavy atom. The highest BCUT2D eigenvalue weighted by atomic mass is 31.2. The van der Waals surface area contributed by atoms with Crippen molar-refractivity contribution in [1.29, 1.82) is 0 Å². The summed E-state index contributed by atoms with van der Waals surface area (Å²) in [6.45, 7) is 4.10. The molecule has 0 heterocycles. The fourth-order valence-corrected chi connectivity index (χ4v) is 11.3. The second kappa shape index (κ2) is 73.1. The van der Waals surface area contributed by atoms with Crippen LogP contribution in [0.3, 0.4) is 0 Å². The third-order valence-corrected chi connectivity index (χ3v) is 17.3. The van der Waals surface area contributed by atoms with Gasteiger partial charge in [-0.25, -0.2) is 0 Å². The summed E-state index contributed by atoms with van der Waals surface area (Å²) in [7, 11) is 1.13. The van der Waals surface area contributed by atoms with Gasteiger partial charge in [-0.1, -0.05) is 352 Å². The van der Waals surface area contributed by atoms with E-state index in [-0.39, 0.29) is 26.1 Å². The third-order valence-electron chi connectivity index (χ3n) is 16.4. The summed E-state index contributed by atoms with van der Waals surface area (Å²) in [6, 6.07) is 0. The van der Waals surface area contributed by atoms with Crippen LogP contribution >= 0.6 is 7.82 Å².